The lowest BCUT2D eigenvalue weighted by atomic mass is 9.77. The molecule has 2 aromatic carbocycles. The number of hydrogen-bond acceptors (Lipinski definition) is 5. The number of rotatable bonds is 5. The third-order valence-electron chi connectivity index (χ3n) is 7.53. The fraction of sp³-hybridized carbons (Fsp3) is 0.419. The van der Waals surface area contributed by atoms with E-state index in [0.29, 0.717) is 17.8 Å². The van der Waals surface area contributed by atoms with Crippen molar-refractivity contribution in [2.24, 2.45) is 10.7 Å². The minimum atomic E-state index is -0.706. The number of aliphatic imine (C=N–C) groups is 1. The third-order valence-corrected chi connectivity index (χ3v) is 7.53. The molecule has 1 aliphatic heterocycles. The number of benzene rings is 2. The Balaban J connectivity index is 0.000000219. The van der Waals surface area contributed by atoms with Gasteiger partial charge in [0, 0.05) is 38.1 Å². The fourth-order valence-electron chi connectivity index (χ4n) is 5.65. The topological polar surface area (TPSA) is 105 Å². The molecule has 1 heterocycles. The molecule has 0 atom stereocenters. The van der Waals surface area contributed by atoms with E-state index in [4.69, 9.17) is 5.73 Å². The highest BCUT2D eigenvalue weighted by Crippen LogP contribution is 2.38. The van der Waals surface area contributed by atoms with E-state index < -0.39 is 5.41 Å². The number of nitrogens with two attached hydrogens (primary N) is 1. The van der Waals surface area contributed by atoms with Gasteiger partial charge in [-0.25, -0.2) is 0 Å². The molecule has 3 amide bonds. The standard InChI is InChI=1S/C17H21N3O2.C14H17NO.H2/c1-12(18)8-9-19-10-11-20-15(21)13-6-4-5-7-14(13)17(2,3)16(20)22;1-9(16)15-14-12-6-2-4-10(12)8-11-5-3-7-13(11)14;/h4-9H,10-11,18H2,1-3H3;8H,2-7H2,1H3,(H,15,16);1H/b12-8-,19-9?;;. The van der Waals surface area contributed by atoms with Crippen LogP contribution >= 0.6 is 0 Å². The van der Waals surface area contributed by atoms with Crippen molar-refractivity contribution in [1.82, 2.24) is 4.90 Å². The fourth-order valence-corrected chi connectivity index (χ4v) is 5.65. The summed E-state index contributed by atoms with van der Waals surface area (Å²) in [7, 11) is 0. The summed E-state index contributed by atoms with van der Waals surface area (Å²) in [5, 5.41) is 3.07. The maximum absolute atomic E-state index is 12.6. The highest BCUT2D eigenvalue weighted by atomic mass is 16.2. The van der Waals surface area contributed by atoms with Gasteiger partial charge in [-0.1, -0.05) is 24.3 Å². The quantitative estimate of drug-likeness (QED) is 0.442. The zero-order chi connectivity index (χ0) is 27.4. The summed E-state index contributed by atoms with van der Waals surface area (Å²) in [4.78, 5) is 41.9. The third kappa shape index (κ3) is 5.57. The van der Waals surface area contributed by atoms with Gasteiger partial charge in [-0.3, -0.25) is 24.3 Å². The smallest absolute Gasteiger partial charge is 0.260 e. The van der Waals surface area contributed by atoms with E-state index in [-0.39, 0.29) is 25.7 Å². The lowest BCUT2D eigenvalue weighted by Crippen LogP contribution is -2.52. The number of carbonyl (C=O) groups excluding carboxylic acids is 3. The van der Waals surface area contributed by atoms with Crippen molar-refractivity contribution < 1.29 is 15.8 Å². The molecule has 3 aliphatic rings. The van der Waals surface area contributed by atoms with Gasteiger partial charge in [-0.15, -0.1) is 0 Å². The minimum absolute atomic E-state index is 0. The van der Waals surface area contributed by atoms with E-state index in [1.807, 2.05) is 32.0 Å². The average Bonchev–Trinajstić information content (AvgIpc) is 3.54. The van der Waals surface area contributed by atoms with Crippen LogP contribution in [0.3, 0.4) is 0 Å². The lowest BCUT2D eigenvalue weighted by molar-refractivity contribution is -0.134. The van der Waals surface area contributed by atoms with Gasteiger partial charge >= 0.3 is 0 Å². The molecule has 7 nitrogen and oxygen atoms in total. The van der Waals surface area contributed by atoms with Crippen LogP contribution in [0.2, 0.25) is 0 Å². The number of aryl methyl sites for hydroxylation is 2. The first-order chi connectivity index (χ1) is 18.1. The Morgan fingerprint density at radius 1 is 1.08 bits per heavy atom. The van der Waals surface area contributed by atoms with Crippen molar-refractivity contribution in [3.05, 3.63) is 75.5 Å². The summed E-state index contributed by atoms with van der Waals surface area (Å²) in [5.74, 6) is -0.368. The summed E-state index contributed by atoms with van der Waals surface area (Å²) < 4.78 is 0. The summed E-state index contributed by atoms with van der Waals surface area (Å²) in [6.45, 7) is 7.69. The van der Waals surface area contributed by atoms with E-state index in [1.54, 1.807) is 32.2 Å². The Bertz CT molecular complexity index is 1290. The first kappa shape index (κ1) is 27.3. The minimum Gasteiger partial charge on any atom is -0.402 e. The van der Waals surface area contributed by atoms with Crippen molar-refractivity contribution in [2.45, 2.75) is 71.6 Å². The van der Waals surface area contributed by atoms with Crippen LogP contribution in [-0.4, -0.2) is 41.9 Å². The predicted octanol–water partition coefficient (Wildman–Crippen LogP) is 4.75. The highest BCUT2D eigenvalue weighted by molar-refractivity contribution is 6.12. The number of carbonyl (C=O) groups is 3. The van der Waals surface area contributed by atoms with Crippen LogP contribution in [0.5, 0.6) is 0 Å². The Kier molecular flexibility index (Phi) is 8.14. The van der Waals surface area contributed by atoms with Crippen LogP contribution < -0.4 is 11.1 Å². The Hall–Kier alpha value is -3.74. The molecule has 0 saturated carbocycles. The van der Waals surface area contributed by atoms with Crippen LogP contribution in [0.25, 0.3) is 0 Å². The number of anilines is 1. The molecule has 5 rings (SSSR count). The van der Waals surface area contributed by atoms with Crippen molar-refractivity contribution in [3.63, 3.8) is 0 Å². The number of hydrogen-bond donors (Lipinski definition) is 2. The summed E-state index contributed by atoms with van der Waals surface area (Å²) in [5.41, 5.74) is 13.8. The van der Waals surface area contributed by atoms with Gasteiger partial charge in [-0.05, 0) is 99.3 Å². The molecule has 3 N–H and O–H groups in total. The highest BCUT2D eigenvalue weighted by Gasteiger charge is 2.43. The van der Waals surface area contributed by atoms with Crippen molar-refractivity contribution in [2.75, 3.05) is 18.4 Å². The number of fused-ring (bicyclic) bond motifs is 3. The Morgan fingerprint density at radius 3 is 2.32 bits per heavy atom. The van der Waals surface area contributed by atoms with Crippen LogP contribution in [0.15, 0.2) is 47.1 Å². The molecule has 0 spiro atoms. The molecule has 0 bridgehead atoms. The summed E-state index contributed by atoms with van der Waals surface area (Å²) >= 11 is 0. The first-order valence-corrected chi connectivity index (χ1v) is 13.4. The van der Waals surface area contributed by atoms with E-state index >= 15 is 0 Å². The maximum atomic E-state index is 12.6. The molecule has 202 valence electrons. The second-order valence-electron chi connectivity index (χ2n) is 10.8. The number of allylic oxidation sites excluding steroid dienone is 2. The average molecular weight is 517 g/mol. The molecule has 7 heteroatoms. The Morgan fingerprint density at radius 2 is 1.71 bits per heavy atom. The Labute approximate surface area is 226 Å². The van der Waals surface area contributed by atoms with Crippen molar-refractivity contribution in [3.8, 4) is 0 Å². The van der Waals surface area contributed by atoms with Gasteiger partial charge < -0.3 is 11.1 Å². The van der Waals surface area contributed by atoms with Crippen LogP contribution in [-0.2, 0) is 40.7 Å². The van der Waals surface area contributed by atoms with E-state index in [2.05, 4.69) is 16.4 Å². The van der Waals surface area contributed by atoms with E-state index in [0.717, 1.165) is 24.1 Å². The van der Waals surface area contributed by atoms with E-state index in [1.165, 1.54) is 52.8 Å². The van der Waals surface area contributed by atoms with Crippen molar-refractivity contribution in [1.29, 1.82) is 0 Å². The first-order valence-electron chi connectivity index (χ1n) is 13.4. The van der Waals surface area contributed by atoms with E-state index in [9.17, 15) is 14.4 Å². The van der Waals surface area contributed by atoms with Crippen LogP contribution in [0.4, 0.5) is 5.69 Å². The molecule has 0 radical (unpaired) electrons. The number of nitrogens with zero attached hydrogens (tertiary/aromatic N) is 2. The van der Waals surface area contributed by atoms with Gasteiger partial charge in [0.1, 0.15) is 0 Å². The van der Waals surface area contributed by atoms with Crippen molar-refractivity contribution >= 4 is 29.6 Å². The van der Waals surface area contributed by atoms with Gasteiger partial charge in [-0.2, -0.15) is 0 Å². The molecule has 2 aromatic rings. The summed E-state index contributed by atoms with van der Waals surface area (Å²) in [6.07, 6.45) is 10.4. The van der Waals surface area contributed by atoms with Crippen LogP contribution in [0.1, 0.15) is 80.1 Å². The predicted molar refractivity (Wildman–Crippen MR) is 154 cm³/mol. The number of imide groups is 1. The maximum Gasteiger partial charge on any atom is 0.260 e. The van der Waals surface area contributed by atoms with Gasteiger partial charge in [0.15, 0.2) is 0 Å². The van der Waals surface area contributed by atoms with Gasteiger partial charge in [0.05, 0.1) is 12.0 Å². The molecule has 38 heavy (non-hydrogen) atoms. The largest absolute Gasteiger partial charge is 0.402 e. The SMILES string of the molecule is C/C(N)=C/C=NCCN1C(=O)c2ccccc2C(C)(C)C1=O.CC(=O)Nc1c2c(cc3c1CCC3)CCC2.[HH]. The zero-order valence-corrected chi connectivity index (χ0v) is 22.9. The molecular weight excluding hydrogens is 476 g/mol. The zero-order valence-electron chi connectivity index (χ0n) is 22.9. The normalized spacial score (nSPS) is 17.6. The monoisotopic (exact) mass is 516 g/mol. The molecule has 0 saturated heterocycles. The number of amides is 3. The summed E-state index contributed by atoms with van der Waals surface area (Å²) in [6, 6.07) is 9.66. The number of nitrogens with one attached hydrogen (secondary N) is 1. The van der Waals surface area contributed by atoms with Gasteiger partial charge in [0.25, 0.3) is 5.91 Å². The lowest BCUT2D eigenvalue weighted by Gasteiger charge is -2.37. The molecule has 0 unspecified atom stereocenters. The second kappa shape index (κ2) is 11.3. The second-order valence-corrected chi connectivity index (χ2v) is 10.8. The van der Waals surface area contributed by atoms with Gasteiger partial charge in [0.2, 0.25) is 11.8 Å². The van der Waals surface area contributed by atoms with Crippen LogP contribution in [0, 0.1) is 0 Å². The molecule has 2 aliphatic carbocycles. The molecule has 0 fully saturated rings. The molecule has 0 aromatic heterocycles. The molecular formula is C31H40N4O3.